The Bertz CT molecular complexity index is 694. The van der Waals surface area contributed by atoms with Gasteiger partial charge in [0, 0.05) is 23.9 Å². The van der Waals surface area contributed by atoms with E-state index in [2.05, 4.69) is 58.7 Å². The standard InChI is InChI=1S/C23H35NO5/c1-16-11-27-23(28-16)14-21(3,4)24(22(5,6)15-23)29-17(2)18-7-9-19(10-8-18)25-12-20-13-26-20/h7-10,16-17,20H,11-15H2,1-6H3. The molecular formula is C23H35NO5. The van der Waals surface area contributed by atoms with Gasteiger partial charge in [-0.2, -0.15) is 5.06 Å². The summed E-state index contributed by atoms with van der Waals surface area (Å²) in [6.07, 6.45) is 1.88. The maximum atomic E-state index is 6.55. The van der Waals surface area contributed by atoms with Crippen molar-refractivity contribution in [2.75, 3.05) is 19.8 Å². The molecule has 1 aromatic rings. The molecule has 4 rings (SSSR count). The molecule has 0 radical (unpaired) electrons. The van der Waals surface area contributed by atoms with Crippen LogP contribution in [0.3, 0.4) is 0 Å². The first kappa shape index (κ1) is 21.1. The molecule has 0 aliphatic carbocycles. The predicted molar refractivity (Wildman–Crippen MR) is 110 cm³/mol. The van der Waals surface area contributed by atoms with Gasteiger partial charge >= 0.3 is 0 Å². The minimum absolute atomic E-state index is 0.0762. The van der Waals surface area contributed by atoms with E-state index in [0.29, 0.717) is 13.2 Å². The summed E-state index contributed by atoms with van der Waals surface area (Å²) in [6, 6.07) is 8.15. The minimum atomic E-state index is -0.514. The summed E-state index contributed by atoms with van der Waals surface area (Å²) >= 11 is 0. The summed E-state index contributed by atoms with van der Waals surface area (Å²) in [5, 5.41) is 2.15. The molecule has 1 aromatic carbocycles. The van der Waals surface area contributed by atoms with Gasteiger partial charge in [0.2, 0.25) is 0 Å². The number of hydroxylamine groups is 2. The molecule has 0 saturated carbocycles. The van der Waals surface area contributed by atoms with Crippen LogP contribution < -0.4 is 4.74 Å². The van der Waals surface area contributed by atoms with Crippen molar-refractivity contribution in [1.29, 1.82) is 0 Å². The third kappa shape index (κ3) is 4.62. The third-order valence-corrected chi connectivity index (χ3v) is 5.95. The summed E-state index contributed by atoms with van der Waals surface area (Å²) in [5.41, 5.74) is 0.662. The lowest BCUT2D eigenvalue weighted by molar-refractivity contribution is -0.351. The fraction of sp³-hybridized carbons (Fsp3) is 0.739. The molecule has 162 valence electrons. The molecule has 3 atom stereocenters. The Balaban J connectivity index is 1.43. The molecule has 3 fully saturated rings. The zero-order chi connectivity index (χ0) is 20.9. The number of hydrogen-bond acceptors (Lipinski definition) is 6. The quantitative estimate of drug-likeness (QED) is 0.660. The van der Waals surface area contributed by atoms with E-state index >= 15 is 0 Å². The molecule has 6 nitrogen and oxygen atoms in total. The Hall–Kier alpha value is -1.18. The van der Waals surface area contributed by atoms with Crippen LogP contribution in [0.5, 0.6) is 5.75 Å². The van der Waals surface area contributed by atoms with Gasteiger partial charge in [-0.05, 0) is 59.2 Å². The van der Waals surface area contributed by atoms with Gasteiger partial charge in [-0.3, -0.25) is 4.84 Å². The van der Waals surface area contributed by atoms with Crippen LogP contribution in [0.2, 0.25) is 0 Å². The first-order chi connectivity index (χ1) is 13.6. The van der Waals surface area contributed by atoms with E-state index in [0.717, 1.165) is 30.8 Å². The van der Waals surface area contributed by atoms with Crippen molar-refractivity contribution in [2.24, 2.45) is 0 Å². The Morgan fingerprint density at radius 1 is 1.07 bits per heavy atom. The molecular weight excluding hydrogens is 370 g/mol. The van der Waals surface area contributed by atoms with Crippen LogP contribution in [0.1, 0.15) is 66.1 Å². The second-order valence-electron chi connectivity index (χ2n) is 10.0. The van der Waals surface area contributed by atoms with Gasteiger partial charge in [-0.15, -0.1) is 0 Å². The van der Waals surface area contributed by atoms with E-state index in [1.54, 1.807) is 0 Å². The fourth-order valence-corrected chi connectivity index (χ4v) is 4.93. The van der Waals surface area contributed by atoms with Crippen molar-refractivity contribution in [3.05, 3.63) is 29.8 Å². The fourth-order valence-electron chi connectivity index (χ4n) is 4.93. The maximum Gasteiger partial charge on any atom is 0.172 e. The van der Waals surface area contributed by atoms with Crippen LogP contribution in [0.25, 0.3) is 0 Å². The number of piperidine rings is 1. The van der Waals surface area contributed by atoms with Gasteiger partial charge in [0.1, 0.15) is 24.6 Å². The molecule has 3 aliphatic rings. The van der Waals surface area contributed by atoms with Crippen molar-refractivity contribution in [2.45, 2.75) is 89.6 Å². The molecule has 29 heavy (non-hydrogen) atoms. The Morgan fingerprint density at radius 3 is 2.21 bits per heavy atom. The molecule has 3 saturated heterocycles. The second kappa shape index (κ2) is 7.50. The highest BCUT2D eigenvalue weighted by Gasteiger charge is 2.57. The summed E-state index contributed by atoms with van der Waals surface area (Å²) in [6.45, 7) is 15.1. The number of nitrogens with zero attached hydrogens (tertiary/aromatic N) is 1. The topological polar surface area (TPSA) is 52.7 Å². The monoisotopic (exact) mass is 405 g/mol. The average Bonchev–Trinajstić information content (AvgIpc) is 3.39. The van der Waals surface area contributed by atoms with Crippen molar-refractivity contribution in [1.82, 2.24) is 5.06 Å². The van der Waals surface area contributed by atoms with E-state index < -0.39 is 5.79 Å². The first-order valence-electron chi connectivity index (χ1n) is 10.7. The summed E-state index contributed by atoms with van der Waals surface area (Å²) in [4.78, 5) is 6.55. The highest BCUT2D eigenvalue weighted by molar-refractivity contribution is 5.28. The van der Waals surface area contributed by atoms with Crippen molar-refractivity contribution in [3.8, 4) is 5.75 Å². The normalized spacial score (nSPS) is 31.0. The Labute approximate surface area is 174 Å². The first-order valence-corrected chi connectivity index (χ1v) is 10.7. The molecule has 1 spiro atoms. The van der Waals surface area contributed by atoms with Gasteiger partial charge in [-0.25, -0.2) is 0 Å². The van der Waals surface area contributed by atoms with Crippen LogP contribution in [0, 0.1) is 0 Å². The average molecular weight is 406 g/mol. The molecule has 6 heteroatoms. The highest BCUT2D eigenvalue weighted by Crippen LogP contribution is 2.49. The van der Waals surface area contributed by atoms with Crippen molar-refractivity contribution >= 4 is 0 Å². The molecule has 0 amide bonds. The summed E-state index contributed by atoms with van der Waals surface area (Å²) in [5.74, 6) is 0.349. The van der Waals surface area contributed by atoms with Gasteiger partial charge < -0.3 is 18.9 Å². The van der Waals surface area contributed by atoms with Crippen LogP contribution in [0.4, 0.5) is 0 Å². The van der Waals surface area contributed by atoms with E-state index in [1.807, 2.05) is 12.1 Å². The third-order valence-electron chi connectivity index (χ3n) is 5.95. The number of benzene rings is 1. The molecule has 3 heterocycles. The number of epoxide rings is 1. The van der Waals surface area contributed by atoms with Gasteiger partial charge in [0.15, 0.2) is 5.79 Å². The number of ether oxygens (including phenoxy) is 4. The SMILES string of the molecule is CC1COC2(CC(C)(C)N(OC(C)c3ccc(OCC4CO4)cc3)C(C)(C)C2)O1. The minimum Gasteiger partial charge on any atom is -0.491 e. The zero-order valence-electron chi connectivity index (χ0n) is 18.6. The van der Waals surface area contributed by atoms with Crippen molar-refractivity contribution < 1.29 is 23.8 Å². The van der Waals surface area contributed by atoms with E-state index in [9.17, 15) is 0 Å². The molecule has 0 N–H and O–H groups in total. The van der Waals surface area contributed by atoms with E-state index in [1.165, 1.54) is 0 Å². The number of hydrogen-bond donors (Lipinski definition) is 0. The van der Waals surface area contributed by atoms with Crippen LogP contribution >= 0.6 is 0 Å². The van der Waals surface area contributed by atoms with Gasteiger partial charge in [-0.1, -0.05) is 12.1 Å². The second-order valence-corrected chi connectivity index (χ2v) is 10.0. The largest absolute Gasteiger partial charge is 0.491 e. The molecule has 0 bridgehead atoms. The molecule has 0 aromatic heterocycles. The highest BCUT2D eigenvalue weighted by atomic mass is 16.7. The van der Waals surface area contributed by atoms with E-state index in [-0.39, 0.29) is 29.4 Å². The van der Waals surface area contributed by atoms with Crippen molar-refractivity contribution in [3.63, 3.8) is 0 Å². The Morgan fingerprint density at radius 2 is 1.69 bits per heavy atom. The van der Waals surface area contributed by atoms with Crippen LogP contribution in [-0.2, 0) is 19.0 Å². The lowest BCUT2D eigenvalue weighted by atomic mass is 9.78. The maximum absolute atomic E-state index is 6.55. The summed E-state index contributed by atoms with van der Waals surface area (Å²) < 4.78 is 23.3. The molecule has 3 unspecified atom stereocenters. The number of rotatable bonds is 6. The van der Waals surface area contributed by atoms with Crippen LogP contribution in [-0.4, -0.2) is 54.0 Å². The van der Waals surface area contributed by atoms with Gasteiger partial charge in [0.25, 0.3) is 0 Å². The Kier molecular flexibility index (Phi) is 5.45. The zero-order valence-corrected chi connectivity index (χ0v) is 18.6. The lowest BCUT2D eigenvalue weighted by Gasteiger charge is -2.56. The van der Waals surface area contributed by atoms with Crippen LogP contribution in [0.15, 0.2) is 24.3 Å². The smallest absolute Gasteiger partial charge is 0.172 e. The van der Waals surface area contributed by atoms with Gasteiger partial charge in [0.05, 0.1) is 19.3 Å². The molecule has 3 aliphatic heterocycles. The summed E-state index contributed by atoms with van der Waals surface area (Å²) in [7, 11) is 0. The predicted octanol–water partition coefficient (Wildman–Crippen LogP) is 4.24. The van der Waals surface area contributed by atoms with E-state index in [4.69, 9.17) is 23.8 Å². The lowest BCUT2D eigenvalue weighted by Crippen LogP contribution is -2.65.